The highest BCUT2D eigenvalue weighted by Crippen LogP contribution is 2.35. The highest BCUT2D eigenvalue weighted by Gasteiger charge is 2.38. The van der Waals surface area contributed by atoms with Crippen LogP contribution in [-0.2, 0) is 19.1 Å². The molecule has 0 bridgehead atoms. The molecule has 2 unspecified atom stereocenters. The van der Waals surface area contributed by atoms with E-state index in [0.717, 1.165) is 26.0 Å². The fourth-order valence-corrected chi connectivity index (χ4v) is 4.82. The lowest BCUT2D eigenvalue weighted by Gasteiger charge is -2.48. The van der Waals surface area contributed by atoms with Crippen LogP contribution in [-0.4, -0.2) is 95.9 Å². The average Bonchev–Trinajstić information content (AvgIpc) is 3.29. The Morgan fingerprint density at radius 1 is 1.03 bits per heavy atom. The maximum Gasteiger partial charge on any atom is 0.414 e. The molecule has 9 nitrogen and oxygen atoms in total. The van der Waals surface area contributed by atoms with E-state index in [4.69, 9.17) is 29.3 Å². The number of ether oxygens (including phenoxy) is 2. The number of likely N-dealkylation sites (tertiary alicyclic amines) is 1. The zero-order valence-corrected chi connectivity index (χ0v) is 18.6. The molecule has 1 saturated carbocycles. The third-order valence-corrected chi connectivity index (χ3v) is 6.47. The molecule has 9 heteroatoms. The maximum absolute atomic E-state index is 10.2. The van der Waals surface area contributed by atoms with Crippen molar-refractivity contribution >= 4 is 11.9 Å². The van der Waals surface area contributed by atoms with Crippen molar-refractivity contribution in [2.45, 2.75) is 82.0 Å². The first kappa shape index (κ1) is 26.0. The van der Waals surface area contributed by atoms with Gasteiger partial charge in [-0.1, -0.05) is 25.7 Å². The summed E-state index contributed by atoms with van der Waals surface area (Å²) < 4.78 is 11.2. The van der Waals surface area contributed by atoms with E-state index in [-0.39, 0.29) is 6.10 Å². The van der Waals surface area contributed by atoms with E-state index in [1.807, 2.05) is 0 Å². The van der Waals surface area contributed by atoms with Gasteiger partial charge >= 0.3 is 11.9 Å². The molecule has 2 heterocycles. The number of hydrogen-bond donors (Lipinski definition) is 4. The smallest absolute Gasteiger partial charge is 0.414 e. The summed E-state index contributed by atoms with van der Waals surface area (Å²) in [4.78, 5) is 21.0. The molecule has 180 valence electrons. The highest BCUT2D eigenvalue weighted by atomic mass is 16.5. The van der Waals surface area contributed by atoms with Gasteiger partial charge in [0.25, 0.3) is 0 Å². The lowest BCUT2D eigenvalue weighted by molar-refractivity contribution is -0.159. The first-order chi connectivity index (χ1) is 14.9. The lowest BCUT2D eigenvalue weighted by atomic mass is 9.79. The number of aliphatic hydroxyl groups is 1. The van der Waals surface area contributed by atoms with Gasteiger partial charge in [-0.3, -0.25) is 4.90 Å². The number of hydrogen-bond acceptors (Lipinski definition) is 7. The van der Waals surface area contributed by atoms with E-state index in [1.165, 1.54) is 64.5 Å². The van der Waals surface area contributed by atoms with E-state index in [1.54, 1.807) is 0 Å². The molecule has 1 aliphatic carbocycles. The molecule has 0 spiro atoms. The number of carboxylic acid groups (broad SMARTS) is 2. The molecule has 2 aliphatic heterocycles. The van der Waals surface area contributed by atoms with Crippen LogP contribution in [0.3, 0.4) is 0 Å². The number of carboxylic acids is 2. The molecule has 2 atom stereocenters. The van der Waals surface area contributed by atoms with Crippen molar-refractivity contribution in [1.29, 1.82) is 0 Å². The van der Waals surface area contributed by atoms with Crippen molar-refractivity contribution in [2.24, 2.45) is 0 Å². The van der Waals surface area contributed by atoms with Crippen LogP contribution in [0.4, 0.5) is 0 Å². The van der Waals surface area contributed by atoms with Crippen molar-refractivity contribution in [2.75, 3.05) is 46.0 Å². The van der Waals surface area contributed by atoms with Crippen molar-refractivity contribution < 1.29 is 34.4 Å². The Hall–Kier alpha value is -1.26. The van der Waals surface area contributed by atoms with Crippen LogP contribution in [0.15, 0.2) is 0 Å². The van der Waals surface area contributed by atoms with Crippen LogP contribution < -0.4 is 5.32 Å². The monoisotopic (exact) mass is 444 g/mol. The number of aliphatic hydroxyl groups excluding tert-OH is 1. The Labute approximate surface area is 185 Å². The number of nitrogens with zero attached hydrogens (tertiary/aromatic N) is 1. The summed E-state index contributed by atoms with van der Waals surface area (Å²) in [7, 11) is 0. The summed E-state index contributed by atoms with van der Waals surface area (Å²) in [6.07, 6.45) is 12.8. The van der Waals surface area contributed by atoms with E-state index in [9.17, 15) is 5.11 Å². The van der Waals surface area contributed by atoms with E-state index in [2.05, 4.69) is 10.2 Å². The summed E-state index contributed by atoms with van der Waals surface area (Å²) in [5.74, 6) is -3.65. The molecule has 3 rings (SSSR count). The van der Waals surface area contributed by atoms with Crippen molar-refractivity contribution in [3.63, 3.8) is 0 Å². The van der Waals surface area contributed by atoms with Crippen LogP contribution in [0.25, 0.3) is 0 Å². The number of nitrogens with one attached hydrogen (secondary N) is 1. The summed E-state index contributed by atoms with van der Waals surface area (Å²) in [5, 5.41) is 28.6. The molecule has 2 saturated heterocycles. The Balaban J connectivity index is 0.000000501. The van der Waals surface area contributed by atoms with Gasteiger partial charge < -0.3 is 30.1 Å². The highest BCUT2D eigenvalue weighted by molar-refractivity contribution is 6.27. The van der Waals surface area contributed by atoms with Crippen molar-refractivity contribution in [1.82, 2.24) is 10.2 Å². The van der Waals surface area contributed by atoms with Crippen LogP contribution >= 0.6 is 0 Å². The third kappa shape index (κ3) is 9.41. The second-order valence-corrected chi connectivity index (χ2v) is 8.90. The normalized spacial score (nSPS) is 24.7. The van der Waals surface area contributed by atoms with Gasteiger partial charge in [-0.15, -0.1) is 0 Å². The molecule has 0 radical (unpaired) electrons. The van der Waals surface area contributed by atoms with E-state index < -0.39 is 18.0 Å². The van der Waals surface area contributed by atoms with Gasteiger partial charge in [0.05, 0.1) is 25.4 Å². The fraction of sp³-hybridized carbons (Fsp3) is 0.909. The quantitative estimate of drug-likeness (QED) is 0.391. The topological polar surface area (TPSA) is 129 Å². The van der Waals surface area contributed by atoms with E-state index >= 15 is 0 Å². The second kappa shape index (κ2) is 14.0. The van der Waals surface area contributed by atoms with Gasteiger partial charge in [0.2, 0.25) is 0 Å². The Morgan fingerprint density at radius 3 is 2.26 bits per heavy atom. The van der Waals surface area contributed by atoms with Gasteiger partial charge in [0.1, 0.15) is 0 Å². The Bertz CT molecular complexity index is 516. The van der Waals surface area contributed by atoms with Crippen LogP contribution in [0.2, 0.25) is 0 Å². The van der Waals surface area contributed by atoms with Gasteiger partial charge in [-0.25, -0.2) is 9.59 Å². The molecule has 0 aromatic carbocycles. The molecule has 3 fully saturated rings. The zero-order chi connectivity index (χ0) is 22.5. The minimum Gasteiger partial charge on any atom is -0.473 e. The number of carbonyl (C=O) groups is 2. The minimum absolute atomic E-state index is 0.241. The Kier molecular flexibility index (Phi) is 11.7. The van der Waals surface area contributed by atoms with Crippen molar-refractivity contribution in [3.8, 4) is 0 Å². The fourth-order valence-electron chi connectivity index (χ4n) is 4.82. The first-order valence-electron chi connectivity index (χ1n) is 11.7. The van der Waals surface area contributed by atoms with Crippen LogP contribution in [0.5, 0.6) is 0 Å². The van der Waals surface area contributed by atoms with Gasteiger partial charge in [0.15, 0.2) is 0 Å². The third-order valence-electron chi connectivity index (χ3n) is 6.47. The van der Waals surface area contributed by atoms with Crippen LogP contribution in [0, 0.1) is 0 Å². The predicted molar refractivity (Wildman–Crippen MR) is 115 cm³/mol. The number of piperidine rings is 1. The summed E-state index contributed by atoms with van der Waals surface area (Å²) in [6, 6.07) is 0. The lowest BCUT2D eigenvalue weighted by Crippen LogP contribution is -2.58. The molecule has 0 aromatic heterocycles. The molecule has 0 aromatic rings. The molecule has 3 aliphatic rings. The molecule has 4 N–H and O–H groups in total. The summed E-state index contributed by atoms with van der Waals surface area (Å²) in [5.41, 5.74) is 0.330. The predicted octanol–water partition coefficient (Wildman–Crippen LogP) is 1.48. The van der Waals surface area contributed by atoms with E-state index in [0.29, 0.717) is 25.3 Å². The summed E-state index contributed by atoms with van der Waals surface area (Å²) in [6.45, 7) is 6.04. The van der Waals surface area contributed by atoms with Gasteiger partial charge in [-0.2, -0.15) is 0 Å². The largest absolute Gasteiger partial charge is 0.473 e. The van der Waals surface area contributed by atoms with Gasteiger partial charge in [0, 0.05) is 25.2 Å². The summed E-state index contributed by atoms with van der Waals surface area (Å²) >= 11 is 0. The van der Waals surface area contributed by atoms with Gasteiger partial charge in [-0.05, 0) is 51.6 Å². The van der Waals surface area contributed by atoms with Crippen LogP contribution in [0.1, 0.15) is 64.2 Å². The molecule has 0 amide bonds. The standard InChI is InChI=1S/C20H38N2O3.C2H2O4/c23-18(15-24-16-19-8-7-13-25-19)14-21-17-20(9-3-1-4-10-20)22-11-5-2-6-12-22;3-1(4)2(5)6/h18-19,21,23H,1-17H2;(H,3,4)(H,5,6). The number of rotatable bonds is 9. The second-order valence-electron chi connectivity index (χ2n) is 8.90. The molecular formula is C22H40N2O7. The molecular weight excluding hydrogens is 404 g/mol. The minimum atomic E-state index is -1.82. The van der Waals surface area contributed by atoms with Crippen molar-refractivity contribution in [3.05, 3.63) is 0 Å². The maximum atomic E-state index is 10.2. The number of aliphatic carboxylic acids is 2. The average molecular weight is 445 g/mol. The molecule has 31 heavy (non-hydrogen) atoms. The SMILES string of the molecule is O=C(O)C(=O)O.OC(CNCC1(N2CCCCC2)CCCCC1)COCC1CCCO1. The zero-order valence-electron chi connectivity index (χ0n) is 18.6. The first-order valence-corrected chi connectivity index (χ1v) is 11.7. The Morgan fingerprint density at radius 2 is 1.68 bits per heavy atom.